The van der Waals surface area contributed by atoms with Crippen molar-refractivity contribution in [1.29, 1.82) is 0 Å². The molecule has 2 rings (SSSR count). The number of ether oxygens (including phenoxy) is 1. The van der Waals surface area contributed by atoms with Crippen molar-refractivity contribution < 1.29 is 23.2 Å². The van der Waals surface area contributed by atoms with Crippen molar-refractivity contribution in [3.8, 4) is 0 Å². The smallest absolute Gasteiger partial charge is 0.463 e. The summed E-state index contributed by atoms with van der Waals surface area (Å²) in [6.45, 7) is 9.70. The Bertz CT molecular complexity index is 609. The van der Waals surface area contributed by atoms with E-state index in [1.165, 1.54) is 12.1 Å². The van der Waals surface area contributed by atoms with Crippen LogP contribution in [0.2, 0.25) is 0 Å². The highest BCUT2D eigenvalue weighted by atomic mass is 19.1. The molecule has 1 aliphatic heterocycles. The van der Waals surface area contributed by atoms with Gasteiger partial charge in [-0.25, -0.2) is 9.18 Å². The van der Waals surface area contributed by atoms with Crippen molar-refractivity contribution in [3.05, 3.63) is 35.7 Å². The highest BCUT2D eigenvalue weighted by Crippen LogP contribution is 2.36. The lowest BCUT2D eigenvalue weighted by atomic mass is 9.78. The van der Waals surface area contributed by atoms with Crippen molar-refractivity contribution >= 4 is 24.6 Å². The standard InChI is InChI=1S/C17H22BFO4/c1-6-21-15(20)10-8-12-7-9-14(19)13(11-12)18-22-16(2,3)17(4,5)23-18/h7-11H,6H2,1-5H3. The molecule has 0 aromatic heterocycles. The van der Waals surface area contributed by atoms with Crippen LogP contribution in [-0.4, -0.2) is 30.9 Å². The van der Waals surface area contributed by atoms with E-state index in [0.29, 0.717) is 17.6 Å². The number of carbonyl (C=O) groups is 1. The second kappa shape index (κ2) is 6.45. The van der Waals surface area contributed by atoms with E-state index in [-0.39, 0.29) is 0 Å². The predicted molar refractivity (Wildman–Crippen MR) is 87.8 cm³/mol. The first-order valence-corrected chi connectivity index (χ1v) is 7.66. The molecule has 0 bridgehead atoms. The number of hydrogen-bond donors (Lipinski definition) is 0. The maximum atomic E-state index is 14.2. The third-order valence-corrected chi connectivity index (χ3v) is 4.23. The fraction of sp³-hybridized carbons (Fsp3) is 0.471. The lowest BCUT2D eigenvalue weighted by molar-refractivity contribution is -0.137. The Labute approximate surface area is 136 Å². The lowest BCUT2D eigenvalue weighted by Gasteiger charge is -2.32. The minimum Gasteiger partial charge on any atom is -0.463 e. The van der Waals surface area contributed by atoms with Crippen LogP contribution in [0.1, 0.15) is 40.2 Å². The molecule has 0 N–H and O–H groups in total. The first kappa shape index (κ1) is 17.7. The summed E-state index contributed by atoms with van der Waals surface area (Å²) in [6.07, 6.45) is 2.89. The van der Waals surface area contributed by atoms with E-state index in [9.17, 15) is 9.18 Å². The van der Waals surface area contributed by atoms with Gasteiger partial charge in [-0.05, 0) is 52.3 Å². The van der Waals surface area contributed by atoms with E-state index in [4.69, 9.17) is 14.0 Å². The van der Waals surface area contributed by atoms with E-state index in [2.05, 4.69) is 0 Å². The maximum absolute atomic E-state index is 14.2. The molecular formula is C17H22BFO4. The number of hydrogen-bond acceptors (Lipinski definition) is 4. The molecule has 1 fully saturated rings. The van der Waals surface area contributed by atoms with Crippen molar-refractivity contribution in [2.24, 2.45) is 0 Å². The first-order chi connectivity index (χ1) is 10.7. The molecule has 0 saturated carbocycles. The number of esters is 1. The van der Waals surface area contributed by atoms with Gasteiger partial charge in [0.15, 0.2) is 0 Å². The normalized spacial score (nSPS) is 19.3. The molecule has 0 amide bonds. The average molecular weight is 320 g/mol. The largest absolute Gasteiger partial charge is 0.497 e. The van der Waals surface area contributed by atoms with Crippen LogP contribution in [-0.2, 0) is 18.8 Å². The van der Waals surface area contributed by atoms with Gasteiger partial charge in [0, 0.05) is 11.5 Å². The van der Waals surface area contributed by atoms with Gasteiger partial charge in [0.2, 0.25) is 0 Å². The SMILES string of the molecule is CCOC(=O)C=Cc1ccc(F)c(B2OC(C)(C)C(C)(C)O2)c1. The number of benzene rings is 1. The van der Waals surface area contributed by atoms with Gasteiger partial charge in [-0.15, -0.1) is 0 Å². The van der Waals surface area contributed by atoms with Crippen molar-refractivity contribution in [1.82, 2.24) is 0 Å². The molecule has 0 radical (unpaired) electrons. The van der Waals surface area contributed by atoms with E-state index >= 15 is 0 Å². The lowest BCUT2D eigenvalue weighted by Crippen LogP contribution is -2.41. The van der Waals surface area contributed by atoms with Gasteiger partial charge in [0.05, 0.1) is 17.8 Å². The summed E-state index contributed by atoms with van der Waals surface area (Å²) in [5, 5.41) is 0. The number of carbonyl (C=O) groups excluding carboxylic acids is 1. The Hall–Kier alpha value is -1.66. The van der Waals surface area contributed by atoms with E-state index in [1.54, 1.807) is 25.1 Å². The number of rotatable bonds is 4. The van der Waals surface area contributed by atoms with Gasteiger partial charge < -0.3 is 14.0 Å². The summed E-state index contributed by atoms with van der Waals surface area (Å²) in [7, 11) is -0.782. The summed E-state index contributed by atoms with van der Waals surface area (Å²) in [4.78, 5) is 11.4. The Balaban J connectivity index is 2.24. The minimum absolute atomic E-state index is 0.311. The molecule has 0 aliphatic carbocycles. The molecule has 23 heavy (non-hydrogen) atoms. The minimum atomic E-state index is -0.782. The zero-order valence-electron chi connectivity index (χ0n) is 14.2. The fourth-order valence-corrected chi connectivity index (χ4v) is 2.17. The zero-order valence-corrected chi connectivity index (χ0v) is 14.2. The third kappa shape index (κ3) is 3.82. The van der Waals surface area contributed by atoms with E-state index < -0.39 is 30.1 Å². The van der Waals surface area contributed by atoms with Gasteiger partial charge in [0.1, 0.15) is 5.82 Å². The average Bonchev–Trinajstić information content (AvgIpc) is 2.66. The summed E-state index contributed by atoms with van der Waals surface area (Å²) in [5.74, 6) is -0.842. The molecule has 1 aromatic rings. The van der Waals surface area contributed by atoms with Gasteiger partial charge in [-0.2, -0.15) is 0 Å². The quantitative estimate of drug-likeness (QED) is 0.486. The summed E-state index contributed by atoms with van der Waals surface area (Å²) in [5.41, 5.74) is -0.0966. The van der Waals surface area contributed by atoms with Crippen LogP contribution >= 0.6 is 0 Å². The first-order valence-electron chi connectivity index (χ1n) is 7.66. The molecule has 1 aliphatic rings. The number of halogens is 1. The predicted octanol–water partition coefficient (Wildman–Crippen LogP) is 2.70. The van der Waals surface area contributed by atoms with Crippen molar-refractivity contribution in [3.63, 3.8) is 0 Å². The monoisotopic (exact) mass is 320 g/mol. The summed E-state index contributed by atoms with van der Waals surface area (Å²) < 4.78 is 30.7. The van der Waals surface area contributed by atoms with Crippen LogP contribution in [0.4, 0.5) is 4.39 Å². The third-order valence-electron chi connectivity index (χ3n) is 4.23. The van der Waals surface area contributed by atoms with Crippen molar-refractivity contribution in [2.75, 3.05) is 6.61 Å². The Kier molecular flexibility index (Phi) is 4.97. The van der Waals surface area contributed by atoms with Crippen LogP contribution < -0.4 is 5.46 Å². The van der Waals surface area contributed by atoms with Crippen molar-refractivity contribution in [2.45, 2.75) is 45.8 Å². The molecule has 0 atom stereocenters. The highest BCUT2D eigenvalue weighted by molar-refractivity contribution is 6.62. The second-order valence-electron chi connectivity index (χ2n) is 6.45. The molecule has 6 heteroatoms. The van der Waals surface area contributed by atoms with Gasteiger partial charge in [-0.1, -0.05) is 12.1 Å². The Morgan fingerprint density at radius 2 is 1.87 bits per heavy atom. The molecule has 124 valence electrons. The molecule has 4 nitrogen and oxygen atoms in total. The molecule has 0 spiro atoms. The maximum Gasteiger partial charge on any atom is 0.497 e. The summed E-state index contributed by atoms with van der Waals surface area (Å²) >= 11 is 0. The molecular weight excluding hydrogens is 298 g/mol. The van der Waals surface area contributed by atoms with E-state index in [0.717, 1.165) is 0 Å². The van der Waals surface area contributed by atoms with Crippen LogP contribution in [0, 0.1) is 5.82 Å². The second-order valence-corrected chi connectivity index (χ2v) is 6.45. The highest BCUT2D eigenvalue weighted by Gasteiger charge is 2.52. The fourth-order valence-electron chi connectivity index (χ4n) is 2.17. The van der Waals surface area contributed by atoms with Crippen LogP contribution in [0.3, 0.4) is 0 Å². The Morgan fingerprint density at radius 3 is 2.43 bits per heavy atom. The molecule has 1 aromatic carbocycles. The zero-order chi connectivity index (χ0) is 17.3. The Morgan fingerprint density at radius 1 is 1.26 bits per heavy atom. The van der Waals surface area contributed by atoms with Gasteiger partial charge >= 0.3 is 13.1 Å². The van der Waals surface area contributed by atoms with E-state index in [1.807, 2.05) is 27.7 Å². The van der Waals surface area contributed by atoms with Gasteiger partial charge in [-0.3, -0.25) is 0 Å². The van der Waals surface area contributed by atoms with Gasteiger partial charge in [0.25, 0.3) is 0 Å². The van der Waals surface area contributed by atoms with Crippen LogP contribution in [0.15, 0.2) is 24.3 Å². The molecule has 1 heterocycles. The molecule has 1 saturated heterocycles. The summed E-state index contributed by atoms with van der Waals surface area (Å²) in [6, 6.07) is 4.54. The van der Waals surface area contributed by atoms with Crippen LogP contribution in [0.25, 0.3) is 6.08 Å². The molecule has 0 unspecified atom stereocenters. The topological polar surface area (TPSA) is 44.8 Å². The van der Waals surface area contributed by atoms with Crippen LogP contribution in [0.5, 0.6) is 0 Å².